The highest BCUT2D eigenvalue weighted by atomic mass is 32.2. The van der Waals surface area contributed by atoms with Crippen LogP contribution in [-0.2, 0) is 16.3 Å². The summed E-state index contributed by atoms with van der Waals surface area (Å²) in [6.07, 6.45) is 11.9. The maximum Gasteiger partial charge on any atom is 0.175 e. The molecule has 176 valence electrons. The number of rotatable bonds is 5. The minimum Gasteiger partial charge on any atom is -0.224 e. The Morgan fingerprint density at radius 3 is 1.61 bits per heavy atom. The topological polar surface area (TPSA) is 34.1 Å². The van der Waals surface area contributed by atoms with Crippen LogP contribution >= 0.6 is 0 Å². The summed E-state index contributed by atoms with van der Waals surface area (Å²) in [7, 11) is -3.02. The molecule has 0 unspecified atom stereocenters. The first-order chi connectivity index (χ1) is 14.6. The lowest BCUT2D eigenvalue weighted by Gasteiger charge is -2.05. The molecular weight excluding hydrogens is 400 g/mol. The number of benzene rings is 2. The molecular formula is C28H46O2S. The molecule has 0 amide bonds. The molecule has 0 fully saturated rings. The van der Waals surface area contributed by atoms with Crippen LogP contribution in [0.5, 0.6) is 0 Å². The van der Waals surface area contributed by atoms with Crippen molar-refractivity contribution >= 4 is 15.9 Å². The molecule has 2 aromatic carbocycles. The Kier molecular flexibility index (Phi) is 19.1. The monoisotopic (exact) mass is 446 g/mol. The van der Waals surface area contributed by atoms with E-state index in [0.717, 1.165) is 12.0 Å². The van der Waals surface area contributed by atoms with Gasteiger partial charge in [-0.3, -0.25) is 0 Å². The predicted octanol–water partition coefficient (Wildman–Crippen LogP) is 8.60. The standard InChI is InChI=1S/C12H16.C8H10O2S.2C4H10/c1-4-7-12-10(3)8-6-9-11(12)5-2;1-7-3-5-8(6-4-7)11(2,9)10;2*1-3-4-2/h4,6-9H,5H2,1-3H3;3-6H,1-2H3;2*3-4H2,1-2H3/b7-4-;;;. The van der Waals surface area contributed by atoms with Gasteiger partial charge in [-0.15, -0.1) is 0 Å². The average Bonchev–Trinajstić information content (AvgIpc) is 2.75. The fourth-order valence-electron chi connectivity index (χ4n) is 2.24. The van der Waals surface area contributed by atoms with Gasteiger partial charge in [0.25, 0.3) is 0 Å². The third kappa shape index (κ3) is 15.6. The van der Waals surface area contributed by atoms with Gasteiger partial charge < -0.3 is 0 Å². The van der Waals surface area contributed by atoms with E-state index in [4.69, 9.17) is 0 Å². The first-order valence-corrected chi connectivity index (χ1v) is 13.5. The van der Waals surface area contributed by atoms with Gasteiger partial charge in [0, 0.05) is 6.26 Å². The zero-order valence-corrected chi connectivity index (χ0v) is 22.3. The van der Waals surface area contributed by atoms with E-state index >= 15 is 0 Å². The lowest BCUT2D eigenvalue weighted by atomic mass is 10.00. The van der Waals surface area contributed by atoms with Gasteiger partial charge in [-0.25, -0.2) is 8.42 Å². The van der Waals surface area contributed by atoms with E-state index in [1.54, 1.807) is 24.3 Å². The second-order valence-corrected chi connectivity index (χ2v) is 9.60. The molecule has 0 aliphatic rings. The summed E-state index contributed by atoms with van der Waals surface area (Å²) in [5.74, 6) is 0. The second-order valence-electron chi connectivity index (χ2n) is 7.59. The summed E-state index contributed by atoms with van der Waals surface area (Å²) in [5.41, 5.74) is 5.26. The van der Waals surface area contributed by atoms with E-state index in [9.17, 15) is 8.42 Å². The Morgan fingerprint density at radius 2 is 1.26 bits per heavy atom. The molecule has 0 bridgehead atoms. The zero-order chi connectivity index (χ0) is 24.3. The molecule has 3 heteroatoms. The highest BCUT2D eigenvalue weighted by Gasteiger charge is 2.04. The Labute approximate surface area is 193 Å². The van der Waals surface area contributed by atoms with Crippen molar-refractivity contribution in [2.75, 3.05) is 6.26 Å². The largest absolute Gasteiger partial charge is 0.224 e. The van der Waals surface area contributed by atoms with Gasteiger partial charge in [0.05, 0.1) is 4.90 Å². The molecule has 0 aliphatic heterocycles. The fraction of sp³-hybridized carbons (Fsp3) is 0.500. The molecule has 0 atom stereocenters. The number of aryl methyl sites for hydroxylation is 3. The van der Waals surface area contributed by atoms with Crippen LogP contribution in [0, 0.1) is 13.8 Å². The van der Waals surface area contributed by atoms with Gasteiger partial charge >= 0.3 is 0 Å². The lowest BCUT2D eigenvalue weighted by molar-refractivity contribution is 0.602. The third-order valence-electron chi connectivity index (χ3n) is 4.58. The molecule has 0 radical (unpaired) electrons. The minimum absolute atomic E-state index is 0.378. The van der Waals surface area contributed by atoms with E-state index in [0.29, 0.717) is 4.90 Å². The Morgan fingerprint density at radius 1 is 0.774 bits per heavy atom. The zero-order valence-electron chi connectivity index (χ0n) is 21.5. The minimum atomic E-state index is -3.02. The molecule has 0 saturated heterocycles. The van der Waals surface area contributed by atoms with Crippen LogP contribution in [0.3, 0.4) is 0 Å². The van der Waals surface area contributed by atoms with Crippen molar-refractivity contribution < 1.29 is 8.42 Å². The molecule has 2 rings (SSSR count). The molecule has 0 N–H and O–H groups in total. The van der Waals surface area contributed by atoms with Crippen molar-refractivity contribution in [2.45, 2.75) is 92.4 Å². The summed E-state index contributed by atoms with van der Waals surface area (Å²) < 4.78 is 21.9. The first kappa shape index (κ1) is 31.3. The van der Waals surface area contributed by atoms with Gasteiger partial charge in [0.2, 0.25) is 0 Å². The van der Waals surface area contributed by atoms with Gasteiger partial charge in [-0.1, -0.05) is 108 Å². The highest BCUT2D eigenvalue weighted by Crippen LogP contribution is 2.16. The molecule has 0 aliphatic carbocycles. The van der Waals surface area contributed by atoms with Crippen molar-refractivity contribution in [3.8, 4) is 0 Å². The Hall–Kier alpha value is -1.87. The second kappa shape index (κ2) is 18.9. The Balaban J connectivity index is 0. The fourth-order valence-corrected chi connectivity index (χ4v) is 2.87. The van der Waals surface area contributed by atoms with Gasteiger partial charge in [-0.2, -0.15) is 0 Å². The lowest BCUT2D eigenvalue weighted by Crippen LogP contribution is -1.95. The van der Waals surface area contributed by atoms with E-state index in [-0.39, 0.29) is 0 Å². The van der Waals surface area contributed by atoms with Crippen molar-refractivity contribution in [3.63, 3.8) is 0 Å². The van der Waals surface area contributed by atoms with Crippen molar-refractivity contribution in [1.29, 1.82) is 0 Å². The molecule has 2 aromatic rings. The number of hydrogen-bond acceptors (Lipinski definition) is 2. The van der Waals surface area contributed by atoms with E-state index in [2.05, 4.69) is 78.8 Å². The number of hydrogen-bond donors (Lipinski definition) is 0. The summed E-state index contributed by atoms with van der Waals surface area (Å²) in [6, 6.07) is 13.3. The van der Waals surface area contributed by atoms with Crippen LogP contribution in [0.15, 0.2) is 53.4 Å². The maximum absolute atomic E-state index is 10.9. The van der Waals surface area contributed by atoms with Gasteiger partial charge in [0.15, 0.2) is 9.84 Å². The van der Waals surface area contributed by atoms with Crippen LogP contribution < -0.4 is 0 Å². The number of allylic oxidation sites excluding steroid dienone is 1. The van der Waals surface area contributed by atoms with E-state index in [1.165, 1.54) is 48.6 Å². The first-order valence-electron chi connectivity index (χ1n) is 11.6. The van der Waals surface area contributed by atoms with Crippen molar-refractivity contribution in [3.05, 3.63) is 70.8 Å². The Bertz CT molecular complexity index is 809. The van der Waals surface area contributed by atoms with Crippen LogP contribution in [0.1, 0.15) is 89.5 Å². The van der Waals surface area contributed by atoms with Gasteiger partial charge in [0.1, 0.15) is 0 Å². The smallest absolute Gasteiger partial charge is 0.175 e. The molecule has 2 nitrogen and oxygen atoms in total. The van der Waals surface area contributed by atoms with Crippen LogP contribution in [0.4, 0.5) is 0 Å². The summed E-state index contributed by atoms with van der Waals surface area (Å²) in [6.45, 7) is 17.1. The average molecular weight is 447 g/mol. The SMILES string of the molecule is C/C=C\c1c(C)cccc1CC.CCCC.CCCC.Cc1ccc(S(C)(=O)=O)cc1. The summed E-state index contributed by atoms with van der Waals surface area (Å²) in [4.78, 5) is 0.378. The summed E-state index contributed by atoms with van der Waals surface area (Å²) >= 11 is 0. The van der Waals surface area contributed by atoms with Crippen molar-refractivity contribution in [2.24, 2.45) is 0 Å². The normalized spacial score (nSPS) is 10.2. The van der Waals surface area contributed by atoms with Crippen LogP contribution in [0.2, 0.25) is 0 Å². The number of sulfone groups is 1. The van der Waals surface area contributed by atoms with E-state index < -0.39 is 9.84 Å². The predicted molar refractivity (Wildman–Crippen MR) is 141 cm³/mol. The molecule has 0 aromatic heterocycles. The highest BCUT2D eigenvalue weighted by molar-refractivity contribution is 7.90. The van der Waals surface area contributed by atoms with Gasteiger partial charge in [-0.05, 0) is 56.0 Å². The van der Waals surface area contributed by atoms with E-state index in [1.807, 2.05) is 6.92 Å². The molecule has 0 saturated carbocycles. The number of unbranched alkanes of at least 4 members (excludes halogenated alkanes) is 2. The molecule has 0 heterocycles. The van der Waals surface area contributed by atoms with Crippen LogP contribution in [-0.4, -0.2) is 14.7 Å². The summed E-state index contributed by atoms with van der Waals surface area (Å²) in [5, 5.41) is 0. The third-order valence-corrected chi connectivity index (χ3v) is 5.71. The molecule has 31 heavy (non-hydrogen) atoms. The van der Waals surface area contributed by atoms with Crippen LogP contribution in [0.25, 0.3) is 6.08 Å². The maximum atomic E-state index is 10.9. The quantitative estimate of drug-likeness (QED) is 0.460. The molecule has 0 spiro atoms. The van der Waals surface area contributed by atoms with Crippen molar-refractivity contribution in [1.82, 2.24) is 0 Å².